The van der Waals surface area contributed by atoms with Crippen LogP contribution in [0.25, 0.3) is 11.4 Å². The van der Waals surface area contributed by atoms with Crippen LogP contribution in [0.15, 0.2) is 53.2 Å². The maximum atomic E-state index is 5.36. The number of rotatable bonds is 5. The Labute approximate surface area is 129 Å². The third-order valence-electron chi connectivity index (χ3n) is 3.42. The lowest BCUT2D eigenvalue weighted by Crippen LogP contribution is -2.18. The van der Waals surface area contributed by atoms with Crippen molar-refractivity contribution in [3.8, 4) is 11.4 Å². The minimum absolute atomic E-state index is 0.593. The van der Waals surface area contributed by atoms with E-state index >= 15 is 0 Å². The van der Waals surface area contributed by atoms with E-state index in [9.17, 15) is 0 Å². The second-order valence-electron chi connectivity index (χ2n) is 5.32. The van der Waals surface area contributed by atoms with Gasteiger partial charge in [0, 0.05) is 18.3 Å². The molecule has 2 heterocycles. The van der Waals surface area contributed by atoms with Crippen molar-refractivity contribution in [3.05, 3.63) is 65.8 Å². The molecule has 1 aromatic carbocycles. The second kappa shape index (κ2) is 6.49. The summed E-state index contributed by atoms with van der Waals surface area (Å²) < 4.78 is 5.36. The Morgan fingerprint density at radius 1 is 1.05 bits per heavy atom. The lowest BCUT2D eigenvalue weighted by molar-refractivity contribution is 0.258. The van der Waals surface area contributed by atoms with E-state index in [1.165, 1.54) is 0 Å². The van der Waals surface area contributed by atoms with Crippen LogP contribution in [0.5, 0.6) is 0 Å². The first-order valence-electron chi connectivity index (χ1n) is 7.19. The third kappa shape index (κ3) is 3.38. The zero-order chi connectivity index (χ0) is 15.4. The molecule has 3 rings (SSSR count). The van der Waals surface area contributed by atoms with Crippen molar-refractivity contribution in [2.45, 2.75) is 20.0 Å². The highest BCUT2D eigenvalue weighted by Crippen LogP contribution is 2.20. The van der Waals surface area contributed by atoms with Crippen LogP contribution in [-0.4, -0.2) is 27.1 Å². The van der Waals surface area contributed by atoms with Crippen molar-refractivity contribution in [2.24, 2.45) is 0 Å². The molecule has 0 saturated heterocycles. The summed E-state index contributed by atoms with van der Waals surface area (Å²) in [7, 11) is 2.01. The predicted octanol–water partition coefficient (Wildman–Crippen LogP) is 3.07. The number of hydrogen-bond acceptors (Lipinski definition) is 5. The van der Waals surface area contributed by atoms with Crippen LogP contribution < -0.4 is 0 Å². The fraction of sp³-hybridized carbons (Fsp3) is 0.235. The maximum Gasteiger partial charge on any atom is 0.241 e. The third-order valence-corrected chi connectivity index (χ3v) is 3.42. The van der Waals surface area contributed by atoms with Gasteiger partial charge in [0.15, 0.2) is 0 Å². The van der Waals surface area contributed by atoms with Crippen LogP contribution >= 0.6 is 0 Å². The Hall–Kier alpha value is -2.53. The SMILES string of the molecule is Cc1ccccc1-c1noc(CN(C)Cc2ccccn2)n1. The molecule has 0 bridgehead atoms. The molecule has 0 spiro atoms. The molecule has 0 atom stereocenters. The van der Waals surface area contributed by atoms with E-state index in [2.05, 4.69) is 20.0 Å². The molecule has 0 N–H and O–H groups in total. The fourth-order valence-electron chi connectivity index (χ4n) is 2.31. The van der Waals surface area contributed by atoms with E-state index < -0.39 is 0 Å². The summed E-state index contributed by atoms with van der Waals surface area (Å²) in [6.45, 7) is 3.37. The van der Waals surface area contributed by atoms with Gasteiger partial charge in [-0.05, 0) is 31.7 Å². The molecule has 112 valence electrons. The predicted molar refractivity (Wildman–Crippen MR) is 83.9 cm³/mol. The highest BCUT2D eigenvalue weighted by molar-refractivity contribution is 5.58. The van der Waals surface area contributed by atoms with Crippen LogP contribution in [0.4, 0.5) is 0 Å². The molecule has 5 nitrogen and oxygen atoms in total. The molecule has 5 heteroatoms. The largest absolute Gasteiger partial charge is 0.338 e. The quantitative estimate of drug-likeness (QED) is 0.724. The standard InChI is InChI=1S/C17H18N4O/c1-13-7-3-4-9-15(13)17-19-16(22-20-17)12-21(2)11-14-8-5-6-10-18-14/h3-10H,11-12H2,1-2H3. The monoisotopic (exact) mass is 294 g/mol. The average molecular weight is 294 g/mol. The molecular weight excluding hydrogens is 276 g/mol. The molecule has 0 fully saturated rings. The van der Waals surface area contributed by atoms with Crippen molar-refractivity contribution < 1.29 is 4.52 Å². The zero-order valence-corrected chi connectivity index (χ0v) is 12.7. The van der Waals surface area contributed by atoms with E-state index in [0.717, 1.165) is 23.4 Å². The Morgan fingerprint density at radius 2 is 1.86 bits per heavy atom. The van der Waals surface area contributed by atoms with Gasteiger partial charge in [0.2, 0.25) is 11.7 Å². The van der Waals surface area contributed by atoms with Gasteiger partial charge < -0.3 is 4.52 Å². The Morgan fingerprint density at radius 3 is 2.64 bits per heavy atom. The van der Waals surface area contributed by atoms with Crippen molar-refractivity contribution in [2.75, 3.05) is 7.05 Å². The first kappa shape index (κ1) is 14.4. The second-order valence-corrected chi connectivity index (χ2v) is 5.32. The topological polar surface area (TPSA) is 55.1 Å². The van der Waals surface area contributed by atoms with Crippen molar-refractivity contribution in [1.82, 2.24) is 20.0 Å². The van der Waals surface area contributed by atoms with E-state index in [0.29, 0.717) is 18.3 Å². The van der Waals surface area contributed by atoms with Gasteiger partial charge in [-0.2, -0.15) is 4.98 Å². The number of hydrogen-bond donors (Lipinski definition) is 0. The molecule has 0 aliphatic heterocycles. The van der Waals surface area contributed by atoms with Gasteiger partial charge in [-0.3, -0.25) is 9.88 Å². The van der Waals surface area contributed by atoms with Gasteiger partial charge in [-0.25, -0.2) is 0 Å². The first-order chi connectivity index (χ1) is 10.7. The Bertz CT molecular complexity index is 739. The van der Waals surface area contributed by atoms with Gasteiger partial charge in [-0.15, -0.1) is 0 Å². The van der Waals surface area contributed by atoms with Gasteiger partial charge in [-0.1, -0.05) is 35.5 Å². The van der Waals surface area contributed by atoms with E-state index in [4.69, 9.17) is 4.52 Å². The number of aromatic nitrogens is 3. The molecule has 0 aliphatic carbocycles. The molecule has 0 aliphatic rings. The van der Waals surface area contributed by atoms with Crippen molar-refractivity contribution >= 4 is 0 Å². The lowest BCUT2D eigenvalue weighted by atomic mass is 10.1. The molecule has 3 aromatic rings. The van der Waals surface area contributed by atoms with Crippen LogP contribution in [-0.2, 0) is 13.1 Å². The first-order valence-corrected chi connectivity index (χ1v) is 7.19. The Balaban J connectivity index is 1.68. The highest BCUT2D eigenvalue weighted by atomic mass is 16.5. The number of benzene rings is 1. The van der Waals surface area contributed by atoms with Crippen molar-refractivity contribution in [1.29, 1.82) is 0 Å². The van der Waals surface area contributed by atoms with Crippen LogP contribution in [0.3, 0.4) is 0 Å². The number of pyridine rings is 1. The van der Waals surface area contributed by atoms with Gasteiger partial charge in [0.25, 0.3) is 0 Å². The molecular formula is C17H18N4O. The fourth-order valence-corrected chi connectivity index (χ4v) is 2.31. The summed E-state index contributed by atoms with van der Waals surface area (Å²) in [5, 5.41) is 4.08. The van der Waals surface area contributed by atoms with E-state index in [1.807, 2.05) is 56.4 Å². The summed E-state index contributed by atoms with van der Waals surface area (Å²) in [5.41, 5.74) is 3.16. The molecule has 0 amide bonds. The molecule has 2 aromatic heterocycles. The van der Waals surface area contributed by atoms with Crippen molar-refractivity contribution in [3.63, 3.8) is 0 Å². The number of aryl methyl sites for hydroxylation is 1. The van der Waals surface area contributed by atoms with Crippen LogP contribution in [0, 0.1) is 6.92 Å². The summed E-state index contributed by atoms with van der Waals surface area (Å²) in [4.78, 5) is 10.9. The summed E-state index contributed by atoms with van der Waals surface area (Å²) >= 11 is 0. The van der Waals surface area contributed by atoms with Gasteiger partial charge in [0.05, 0.1) is 12.2 Å². The average Bonchev–Trinajstić information content (AvgIpc) is 2.97. The van der Waals surface area contributed by atoms with E-state index in [1.54, 1.807) is 6.20 Å². The number of nitrogens with zero attached hydrogens (tertiary/aromatic N) is 4. The Kier molecular flexibility index (Phi) is 4.25. The van der Waals surface area contributed by atoms with Gasteiger partial charge in [0.1, 0.15) is 0 Å². The zero-order valence-electron chi connectivity index (χ0n) is 12.7. The van der Waals surface area contributed by atoms with E-state index in [-0.39, 0.29) is 0 Å². The minimum Gasteiger partial charge on any atom is -0.338 e. The molecule has 0 unspecified atom stereocenters. The van der Waals surface area contributed by atoms with Crippen LogP contribution in [0.1, 0.15) is 17.1 Å². The normalized spacial score (nSPS) is 11.0. The lowest BCUT2D eigenvalue weighted by Gasteiger charge is -2.12. The molecule has 0 saturated carbocycles. The summed E-state index contributed by atoms with van der Waals surface area (Å²) in [5.74, 6) is 1.25. The summed E-state index contributed by atoms with van der Waals surface area (Å²) in [6.07, 6.45) is 1.80. The van der Waals surface area contributed by atoms with Crippen LogP contribution in [0.2, 0.25) is 0 Å². The molecule has 22 heavy (non-hydrogen) atoms. The highest BCUT2D eigenvalue weighted by Gasteiger charge is 2.12. The maximum absolute atomic E-state index is 5.36. The minimum atomic E-state index is 0.593. The molecule has 0 radical (unpaired) electrons. The smallest absolute Gasteiger partial charge is 0.241 e. The summed E-state index contributed by atoms with van der Waals surface area (Å²) in [6, 6.07) is 13.9. The van der Waals surface area contributed by atoms with Gasteiger partial charge >= 0.3 is 0 Å².